The van der Waals surface area contributed by atoms with Crippen molar-refractivity contribution in [2.24, 2.45) is 5.11 Å². The maximum absolute atomic E-state index is 12.7. The second-order valence-electron chi connectivity index (χ2n) is 6.44. The van der Waals surface area contributed by atoms with Gasteiger partial charge in [0.15, 0.2) is 0 Å². The van der Waals surface area contributed by atoms with E-state index in [2.05, 4.69) is 14.7 Å². The summed E-state index contributed by atoms with van der Waals surface area (Å²) in [5.74, 6) is 0. The van der Waals surface area contributed by atoms with Crippen molar-refractivity contribution in [1.29, 1.82) is 0 Å². The molecule has 1 N–H and O–H groups in total. The molecule has 0 saturated heterocycles. The Labute approximate surface area is 142 Å². The number of nitrogens with zero attached hydrogens (tertiary/aromatic N) is 3. The van der Waals surface area contributed by atoms with Crippen molar-refractivity contribution >= 4 is 10.0 Å². The minimum atomic E-state index is -3.64. The molecule has 0 radical (unpaired) electrons. The van der Waals surface area contributed by atoms with Gasteiger partial charge in [0, 0.05) is 16.0 Å². The molecule has 2 aromatic carbocycles. The van der Waals surface area contributed by atoms with Gasteiger partial charge in [-0.2, -0.15) is 0 Å². The summed E-state index contributed by atoms with van der Waals surface area (Å²) in [6, 6.07) is 14.2. The third-order valence-corrected chi connectivity index (χ3v) is 5.01. The Balaban J connectivity index is 2.44. The van der Waals surface area contributed by atoms with Gasteiger partial charge >= 0.3 is 0 Å². The number of rotatable bonds is 5. The molecule has 7 heteroatoms. The molecule has 0 aliphatic carbocycles. The average Bonchev–Trinajstić information content (AvgIpc) is 2.51. The molecule has 0 fully saturated rings. The zero-order valence-electron chi connectivity index (χ0n) is 13.9. The van der Waals surface area contributed by atoms with E-state index in [1.54, 1.807) is 45.0 Å². The van der Waals surface area contributed by atoms with Crippen LogP contribution in [0.15, 0.2) is 58.5 Å². The highest BCUT2D eigenvalue weighted by Gasteiger charge is 2.24. The van der Waals surface area contributed by atoms with Gasteiger partial charge in [0.25, 0.3) is 0 Å². The molecule has 0 bridgehead atoms. The Hall–Kier alpha value is -2.34. The molecule has 126 valence electrons. The first-order valence-corrected chi connectivity index (χ1v) is 8.94. The van der Waals surface area contributed by atoms with Crippen molar-refractivity contribution in [1.82, 2.24) is 4.72 Å². The molecule has 0 aliphatic heterocycles. The molecule has 0 aliphatic rings. The summed E-state index contributed by atoms with van der Waals surface area (Å²) < 4.78 is 28.0. The normalized spacial score (nSPS) is 11.8. The Bertz CT molecular complexity index is 862. The van der Waals surface area contributed by atoms with E-state index in [1.807, 2.05) is 24.3 Å². The maximum Gasteiger partial charge on any atom is 0.241 e. The summed E-state index contributed by atoms with van der Waals surface area (Å²) in [4.78, 5) is 2.97. The monoisotopic (exact) mass is 344 g/mol. The highest BCUT2D eigenvalue weighted by atomic mass is 32.2. The molecule has 2 aromatic rings. The van der Waals surface area contributed by atoms with Crippen LogP contribution in [0, 0.1) is 0 Å². The van der Waals surface area contributed by atoms with Gasteiger partial charge in [-0.15, -0.1) is 0 Å². The van der Waals surface area contributed by atoms with E-state index in [0.29, 0.717) is 5.56 Å². The summed E-state index contributed by atoms with van der Waals surface area (Å²) in [5.41, 5.74) is 10.1. The highest BCUT2D eigenvalue weighted by Crippen LogP contribution is 2.28. The van der Waals surface area contributed by atoms with Gasteiger partial charge in [0.05, 0.1) is 11.4 Å². The fourth-order valence-corrected chi connectivity index (χ4v) is 3.95. The number of azide groups is 1. The second kappa shape index (κ2) is 7.05. The first-order chi connectivity index (χ1) is 11.2. The molecule has 24 heavy (non-hydrogen) atoms. The number of benzene rings is 2. The minimum Gasteiger partial charge on any atom is -0.207 e. The van der Waals surface area contributed by atoms with Crippen molar-refractivity contribution in [3.05, 3.63) is 64.5 Å². The molecule has 0 unspecified atom stereocenters. The number of hydrogen-bond donors (Lipinski definition) is 1. The van der Waals surface area contributed by atoms with Crippen LogP contribution in [-0.2, 0) is 16.6 Å². The summed E-state index contributed by atoms with van der Waals surface area (Å²) in [5, 5.41) is 3.52. The van der Waals surface area contributed by atoms with E-state index in [0.717, 1.165) is 11.1 Å². The molecule has 0 aromatic heterocycles. The number of sulfonamides is 1. The Morgan fingerprint density at radius 2 is 1.71 bits per heavy atom. The van der Waals surface area contributed by atoms with Crippen LogP contribution >= 0.6 is 0 Å². The van der Waals surface area contributed by atoms with Gasteiger partial charge in [-0.3, -0.25) is 0 Å². The fourth-order valence-electron chi connectivity index (χ4n) is 2.30. The molecule has 2 rings (SSSR count). The fraction of sp³-hybridized carbons (Fsp3) is 0.294. The van der Waals surface area contributed by atoms with Crippen LogP contribution in [-0.4, -0.2) is 14.0 Å². The maximum atomic E-state index is 12.7. The van der Waals surface area contributed by atoms with E-state index in [1.165, 1.54) is 0 Å². The third-order valence-electron chi connectivity index (χ3n) is 3.20. The lowest BCUT2D eigenvalue weighted by molar-refractivity contribution is 0.491. The number of hydrogen-bond acceptors (Lipinski definition) is 3. The van der Waals surface area contributed by atoms with E-state index < -0.39 is 15.6 Å². The third kappa shape index (κ3) is 4.58. The zero-order valence-corrected chi connectivity index (χ0v) is 14.7. The van der Waals surface area contributed by atoms with E-state index in [4.69, 9.17) is 5.53 Å². The first kappa shape index (κ1) is 18.0. The van der Waals surface area contributed by atoms with Crippen LogP contribution < -0.4 is 4.72 Å². The van der Waals surface area contributed by atoms with Crippen LogP contribution in [0.1, 0.15) is 26.3 Å². The van der Waals surface area contributed by atoms with Gasteiger partial charge < -0.3 is 0 Å². The summed E-state index contributed by atoms with van der Waals surface area (Å²) in [6.45, 7) is 5.68. The lowest BCUT2D eigenvalue weighted by Gasteiger charge is -2.21. The highest BCUT2D eigenvalue weighted by molar-refractivity contribution is 7.89. The zero-order chi connectivity index (χ0) is 17.8. The molecule has 0 spiro atoms. The molecular formula is C17H20N4O2S. The lowest BCUT2D eigenvalue weighted by Crippen LogP contribution is -2.40. The van der Waals surface area contributed by atoms with Crippen LogP contribution in [0.3, 0.4) is 0 Å². The van der Waals surface area contributed by atoms with Gasteiger partial charge in [0.1, 0.15) is 0 Å². The summed E-state index contributed by atoms with van der Waals surface area (Å²) >= 11 is 0. The van der Waals surface area contributed by atoms with Crippen LogP contribution in [0.5, 0.6) is 0 Å². The van der Waals surface area contributed by atoms with Crippen LogP contribution in [0.4, 0.5) is 0 Å². The van der Waals surface area contributed by atoms with E-state index >= 15 is 0 Å². The van der Waals surface area contributed by atoms with Crippen molar-refractivity contribution in [2.45, 2.75) is 37.8 Å². The Morgan fingerprint density at radius 1 is 1.08 bits per heavy atom. The predicted octanol–water partition coefficient (Wildman–Crippen LogP) is 4.24. The molecule has 6 nitrogen and oxygen atoms in total. The largest absolute Gasteiger partial charge is 0.241 e. The van der Waals surface area contributed by atoms with Crippen molar-refractivity contribution in [2.75, 3.05) is 0 Å². The van der Waals surface area contributed by atoms with Gasteiger partial charge in [-0.1, -0.05) is 47.6 Å². The average molecular weight is 344 g/mol. The van der Waals surface area contributed by atoms with Crippen molar-refractivity contribution in [3.8, 4) is 11.1 Å². The standard InChI is InChI=1S/C17H20N4O2S/c1-17(2,3)20-24(22,23)16-7-5-4-6-15(16)14-10-8-13(9-11-14)12-19-21-18/h4-11,20H,12H2,1-3H3. The number of nitrogens with one attached hydrogen (secondary N) is 1. The van der Waals surface area contributed by atoms with Crippen LogP contribution in [0.2, 0.25) is 0 Å². The van der Waals surface area contributed by atoms with Crippen molar-refractivity contribution in [3.63, 3.8) is 0 Å². The molecule has 0 atom stereocenters. The first-order valence-electron chi connectivity index (χ1n) is 7.46. The van der Waals surface area contributed by atoms with E-state index in [-0.39, 0.29) is 11.4 Å². The molecular weight excluding hydrogens is 324 g/mol. The van der Waals surface area contributed by atoms with Crippen molar-refractivity contribution < 1.29 is 8.42 Å². The Morgan fingerprint density at radius 3 is 2.29 bits per heavy atom. The lowest BCUT2D eigenvalue weighted by atomic mass is 10.0. The SMILES string of the molecule is CC(C)(C)NS(=O)(=O)c1ccccc1-c1ccc(CN=[N+]=[N-])cc1. The Kier molecular flexibility index (Phi) is 5.29. The summed E-state index contributed by atoms with van der Waals surface area (Å²) in [7, 11) is -3.64. The second-order valence-corrected chi connectivity index (χ2v) is 8.09. The smallest absolute Gasteiger partial charge is 0.207 e. The predicted molar refractivity (Wildman–Crippen MR) is 94.8 cm³/mol. The van der Waals surface area contributed by atoms with Gasteiger partial charge in [-0.25, -0.2) is 13.1 Å². The molecule has 0 saturated carbocycles. The minimum absolute atomic E-state index is 0.239. The topological polar surface area (TPSA) is 94.9 Å². The van der Waals surface area contributed by atoms with E-state index in [9.17, 15) is 8.42 Å². The summed E-state index contributed by atoms with van der Waals surface area (Å²) in [6.07, 6.45) is 0. The molecule has 0 heterocycles. The van der Waals surface area contributed by atoms with Gasteiger partial charge in [0.2, 0.25) is 10.0 Å². The quantitative estimate of drug-likeness (QED) is 0.499. The van der Waals surface area contributed by atoms with Crippen LogP contribution in [0.25, 0.3) is 21.6 Å². The molecule has 0 amide bonds. The van der Waals surface area contributed by atoms with Gasteiger partial charge in [-0.05, 0) is 43.5 Å².